The number of allylic oxidation sites excluding steroid dienone is 8. The molecule has 0 radical (unpaired) electrons. The van der Waals surface area contributed by atoms with Crippen molar-refractivity contribution in [1.82, 2.24) is 0 Å². The molecule has 0 saturated heterocycles. The molecule has 0 N–H and O–H groups in total. The van der Waals surface area contributed by atoms with Gasteiger partial charge in [-0.15, -0.1) is 5.73 Å². The smallest absolute Gasteiger partial charge is 0.277 e. The van der Waals surface area contributed by atoms with Crippen molar-refractivity contribution in [2.75, 3.05) is 0 Å². The molecule has 3 rings (SSSR count). The third-order valence-corrected chi connectivity index (χ3v) is 4.11. The quantitative estimate of drug-likeness (QED) is 0.330. The van der Waals surface area contributed by atoms with Crippen molar-refractivity contribution in [1.29, 1.82) is 0 Å². The van der Waals surface area contributed by atoms with Crippen LogP contribution in [0.25, 0.3) is 0 Å². The summed E-state index contributed by atoms with van der Waals surface area (Å²) in [4.78, 5) is 34.6. The Morgan fingerprint density at radius 2 is 2.08 bits per heavy atom. The summed E-state index contributed by atoms with van der Waals surface area (Å²) in [5.41, 5.74) is 4.32. The van der Waals surface area contributed by atoms with Crippen LogP contribution in [0.5, 0.6) is 0 Å². The second kappa shape index (κ2) is 7.39. The molecular weight excluding hydrogens is 330 g/mol. The van der Waals surface area contributed by atoms with Gasteiger partial charge < -0.3 is 0 Å². The van der Waals surface area contributed by atoms with E-state index in [0.29, 0.717) is 29.6 Å². The highest BCUT2D eigenvalue weighted by molar-refractivity contribution is 6.64. The van der Waals surface area contributed by atoms with Crippen molar-refractivity contribution in [3.63, 3.8) is 0 Å². The number of hydrogen-bond acceptors (Lipinski definition) is 4. The van der Waals surface area contributed by atoms with Gasteiger partial charge in [0.1, 0.15) is 0 Å². The number of Topliss-reactive ketones (excluding diaryl/α,β-unsaturated/α-hetero) is 1. The molecule has 0 aromatic heterocycles. The molecule has 0 aliphatic heterocycles. The highest BCUT2D eigenvalue weighted by atomic mass is 35.5. The van der Waals surface area contributed by atoms with E-state index >= 15 is 0 Å². The third kappa shape index (κ3) is 3.09. The molecule has 0 aromatic carbocycles. The van der Waals surface area contributed by atoms with Gasteiger partial charge in [-0.25, -0.2) is 0 Å². The first-order valence-corrected chi connectivity index (χ1v) is 8.07. The maximum atomic E-state index is 12.6. The Bertz CT molecular complexity index is 805. The van der Waals surface area contributed by atoms with Crippen LogP contribution in [0.3, 0.4) is 0 Å². The molecule has 5 nitrogen and oxygen atoms in total. The van der Waals surface area contributed by atoms with Crippen LogP contribution in [0.2, 0.25) is 0 Å². The lowest BCUT2D eigenvalue weighted by atomic mass is 9.93. The van der Waals surface area contributed by atoms with Crippen molar-refractivity contribution in [3.8, 4) is 0 Å². The number of carbonyl (C=O) groups is 2. The number of rotatable bonds is 2. The monoisotopic (exact) mass is 345 g/mol. The van der Waals surface area contributed by atoms with E-state index in [1.807, 2.05) is 19.9 Å². The van der Waals surface area contributed by atoms with Crippen molar-refractivity contribution >= 4 is 22.6 Å². The number of fused-ring (bicyclic) bond motifs is 2. The van der Waals surface area contributed by atoms with Crippen LogP contribution < -0.4 is 0 Å². The van der Waals surface area contributed by atoms with Crippen molar-refractivity contribution in [3.05, 3.63) is 74.2 Å². The van der Waals surface area contributed by atoms with E-state index in [2.05, 4.69) is 5.73 Å². The molecule has 0 saturated carbocycles. The van der Waals surface area contributed by atoms with E-state index in [9.17, 15) is 19.7 Å². The molecule has 3 aliphatic rings. The summed E-state index contributed by atoms with van der Waals surface area (Å²) >= 11 is 5.64. The van der Waals surface area contributed by atoms with Gasteiger partial charge in [-0.1, -0.05) is 26.0 Å². The first-order chi connectivity index (χ1) is 11.5. The predicted octanol–water partition coefficient (Wildman–Crippen LogP) is 3.81. The zero-order valence-corrected chi connectivity index (χ0v) is 14.1. The molecule has 0 amide bonds. The van der Waals surface area contributed by atoms with E-state index in [1.54, 1.807) is 6.08 Å². The Labute approximate surface area is 144 Å². The molecule has 0 bridgehead atoms. The minimum atomic E-state index is -0.653. The molecule has 0 heterocycles. The van der Waals surface area contributed by atoms with E-state index in [0.717, 1.165) is 0 Å². The van der Waals surface area contributed by atoms with Gasteiger partial charge in [0.05, 0.1) is 22.5 Å². The summed E-state index contributed by atoms with van der Waals surface area (Å²) in [7, 11) is 0. The number of nitro groups is 1. The zero-order valence-electron chi connectivity index (χ0n) is 13.3. The molecule has 3 aliphatic carbocycles. The Morgan fingerprint density at radius 3 is 2.71 bits per heavy atom. The fourth-order valence-corrected chi connectivity index (χ4v) is 3.03. The molecule has 124 valence electrons. The van der Waals surface area contributed by atoms with Crippen molar-refractivity contribution in [2.45, 2.75) is 26.7 Å². The van der Waals surface area contributed by atoms with Crippen molar-refractivity contribution < 1.29 is 14.5 Å². The van der Waals surface area contributed by atoms with E-state index in [1.165, 1.54) is 18.2 Å². The van der Waals surface area contributed by atoms with Gasteiger partial charge in [-0.3, -0.25) is 19.7 Å². The van der Waals surface area contributed by atoms with Crippen LogP contribution in [-0.4, -0.2) is 15.9 Å². The lowest BCUT2D eigenvalue weighted by molar-refractivity contribution is -0.418. The van der Waals surface area contributed by atoms with Crippen LogP contribution in [0.15, 0.2) is 64.1 Å². The average molecular weight is 346 g/mol. The van der Waals surface area contributed by atoms with E-state index < -0.39 is 16.1 Å². The Balaban J connectivity index is 0.00000100. The summed E-state index contributed by atoms with van der Waals surface area (Å²) in [5.74, 6) is -0.985. The zero-order chi connectivity index (χ0) is 17.9. The second-order valence-electron chi connectivity index (χ2n) is 5.09. The van der Waals surface area contributed by atoms with Gasteiger partial charge in [0.25, 0.3) is 5.70 Å². The Kier molecular flexibility index (Phi) is 5.50. The normalized spacial score (nSPS) is 21.4. The Morgan fingerprint density at radius 1 is 1.38 bits per heavy atom. The van der Waals surface area contributed by atoms with Crippen LogP contribution in [0.4, 0.5) is 0 Å². The van der Waals surface area contributed by atoms with E-state index in [4.69, 9.17) is 11.6 Å². The van der Waals surface area contributed by atoms with Gasteiger partial charge in [-0.05, 0) is 36.1 Å². The molecule has 24 heavy (non-hydrogen) atoms. The van der Waals surface area contributed by atoms with Crippen LogP contribution in [0, 0.1) is 16.0 Å². The molecule has 0 aromatic rings. The summed E-state index contributed by atoms with van der Waals surface area (Å²) in [6.07, 6.45) is 8.79. The maximum absolute atomic E-state index is 12.6. The molecule has 1 unspecified atom stereocenters. The highest BCUT2D eigenvalue weighted by Gasteiger charge is 2.39. The van der Waals surface area contributed by atoms with Crippen LogP contribution in [-0.2, 0) is 9.59 Å². The molecule has 0 spiro atoms. The van der Waals surface area contributed by atoms with Crippen LogP contribution >= 0.6 is 11.6 Å². The topological polar surface area (TPSA) is 77.3 Å². The number of ketones is 1. The van der Waals surface area contributed by atoms with Gasteiger partial charge >= 0.3 is 0 Å². The minimum Gasteiger partial charge on any atom is -0.288 e. The highest BCUT2D eigenvalue weighted by Crippen LogP contribution is 2.41. The number of nitrogens with zero attached hydrogens (tertiary/aromatic N) is 1. The number of carbonyl (C=O) groups excluding carboxylic acids is 2. The Hall–Kier alpha value is -2.49. The van der Waals surface area contributed by atoms with Gasteiger partial charge in [0.15, 0.2) is 5.78 Å². The lowest BCUT2D eigenvalue weighted by Gasteiger charge is -2.10. The van der Waals surface area contributed by atoms with E-state index in [-0.39, 0.29) is 17.1 Å². The summed E-state index contributed by atoms with van der Waals surface area (Å²) in [5, 5.41) is 10.3. The lowest BCUT2D eigenvalue weighted by Crippen LogP contribution is -2.16. The van der Waals surface area contributed by atoms with Crippen LogP contribution in [0.1, 0.15) is 26.7 Å². The second-order valence-corrected chi connectivity index (χ2v) is 5.46. The SMILES string of the molecule is CC.O=C1C2=C=CC([N+](=O)[O-])=CC=C2C2=C1C(C(=O)Cl)CCC=C2. The standard InChI is InChI=1S/C16H10ClNO4.C2H6/c17-16(20)13-4-2-1-3-11-10-7-5-9(18(21)22)6-8-12(10)15(19)14(11)13;1-2/h1,3,5-7,13H,2,4H2;1-2H3. The van der Waals surface area contributed by atoms with Gasteiger partial charge in [0.2, 0.25) is 5.24 Å². The summed E-state index contributed by atoms with van der Waals surface area (Å²) in [6, 6.07) is 0. The molecular formula is C18H16ClNO4. The minimum absolute atomic E-state index is 0.146. The number of halogens is 1. The van der Waals surface area contributed by atoms with Gasteiger partial charge in [-0.2, -0.15) is 0 Å². The summed E-state index contributed by atoms with van der Waals surface area (Å²) < 4.78 is 0. The largest absolute Gasteiger partial charge is 0.288 e. The maximum Gasteiger partial charge on any atom is 0.277 e. The predicted molar refractivity (Wildman–Crippen MR) is 90.9 cm³/mol. The first-order valence-electron chi connectivity index (χ1n) is 7.69. The average Bonchev–Trinajstić information content (AvgIpc) is 2.80. The molecule has 1 atom stereocenters. The van der Waals surface area contributed by atoms with Gasteiger partial charge in [0, 0.05) is 17.2 Å². The fourth-order valence-electron chi connectivity index (χ4n) is 2.81. The third-order valence-electron chi connectivity index (χ3n) is 3.85. The number of hydrogen-bond donors (Lipinski definition) is 0. The first kappa shape index (κ1) is 17.9. The van der Waals surface area contributed by atoms with Crippen molar-refractivity contribution in [2.24, 2.45) is 5.92 Å². The summed E-state index contributed by atoms with van der Waals surface area (Å²) in [6.45, 7) is 4.00. The molecule has 0 fully saturated rings. The molecule has 6 heteroatoms. The fraction of sp³-hybridized carbons (Fsp3) is 0.278.